The quantitative estimate of drug-likeness (QED) is 0.917. The van der Waals surface area contributed by atoms with Gasteiger partial charge in [-0.3, -0.25) is 9.69 Å². The molecule has 0 aliphatic heterocycles. The normalized spacial score (nSPS) is 13.1. The molecule has 1 aromatic carbocycles. The predicted molar refractivity (Wildman–Crippen MR) is 78.9 cm³/mol. The molecule has 1 atom stereocenters. The van der Waals surface area contributed by atoms with Gasteiger partial charge < -0.3 is 9.73 Å². The van der Waals surface area contributed by atoms with E-state index in [1.807, 2.05) is 19.0 Å². The molecular formula is C16H17F3N2O2. The Morgan fingerprint density at radius 1 is 1.26 bits per heavy atom. The van der Waals surface area contributed by atoms with Crippen molar-refractivity contribution in [3.8, 4) is 0 Å². The molecule has 1 N–H and O–H groups in total. The van der Waals surface area contributed by atoms with Crippen molar-refractivity contribution in [2.75, 3.05) is 20.6 Å². The first-order valence-electron chi connectivity index (χ1n) is 6.94. The van der Waals surface area contributed by atoms with Gasteiger partial charge in [0.25, 0.3) is 5.91 Å². The number of nitrogens with one attached hydrogen (secondary N) is 1. The molecular weight excluding hydrogens is 309 g/mol. The second kappa shape index (κ2) is 6.87. The van der Waals surface area contributed by atoms with Crippen LogP contribution in [0.1, 0.15) is 27.7 Å². The van der Waals surface area contributed by atoms with Crippen LogP contribution in [0.25, 0.3) is 0 Å². The highest BCUT2D eigenvalue weighted by atomic mass is 19.4. The Labute approximate surface area is 131 Å². The van der Waals surface area contributed by atoms with E-state index in [1.54, 1.807) is 12.1 Å². The summed E-state index contributed by atoms with van der Waals surface area (Å²) < 4.78 is 43.4. The SMILES string of the molecule is CN(C)C(CNC(=O)c1cccc(C(F)(F)F)c1)c1ccco1. The van der Waals surface area contributed by atoms with Gasteiger partial charge in [0.15, 0.2) is 0 Å². The van der Waals surface area contributed by atoms with E-state index >= 15 is 0 Å². The summed E-state index contributed by atoms with van der Waals surface area (Å²) >= 11 is 0. The molecule has 23 heavy (non-hydrogen) atoms. The van der Waals surface area contributed by atoms with Crippen LogP contribution >= 0.6 is 0 Å². The maximum Gasteiger partial charge on any atom is 0.416 e. The minimum absolute atomic E-state index is 0.0308. The fourth-order valence-electron chi connectivity index (χ4n) is 2.15. The second-order valence-electron chi connectivity index (χ2n) is 5.28. The average molecular weight is 326 g/mol. The Bertz CT molecular complexity index is 652. The number of halogens is 3. The van der Waals surface area contributed by atoms with Crippen LogP contribution in [-0.2, 0) is 6.18 Å². The number of alkyl halides is 3. The molecule has 0 aliphatic carbocycles. The third-order valence-electron chi connectivity index (χ3n) is 3.40. The van der Waals surface area contributed by atoms with E-state index in [2.05, 4.69) is 5.32 Å². The Morgan fingerprint density at radius 2 is 2.00 bits per heavy atom. The number of hydrogen-bond acceptors (Lipinski definition) is 3. The molecule has 1 unspecified atom stereocenters. The zero-order valence-electron chi connectivity index (χ0n) is 12.7. The van der Waals surface area contributed by atoms with Gasteiger partial charge in [-0.1, -0.05) is 6.07 Å². The van der Waals surface area contributed by atoms with Crippen molar-refractivity contribution in [2.24, 2.45) is 0 Å². The van der Waals surface area contributed by atoms with Crippen LogP contribution in [0.2, 0.25) is 0 Å². The smallest absolute Gasteiger partial charge is 0.416 e. The Morgan fingerprint density at radius 3 is 2.57 bits per heavy atom. The minimum Gasteiger partial charge on any atom is -0.468 e. The molecule has 0 radical (unpaired) electrons. The van der Waals surface area contributed by atoms with E-state index in [4.69, 9.17) is 4.42 Å². The Kier molecular flexibility index (Phi) is 5.10. The number of amides is 1. The highest BCUT2D eigenvalue weighted by Gasteiger charge is 2.31. The Hall–Kier alpha value is -2.28. The standard InChI is InChI=1S/C16H17F3N2O2/c1-21(2)13(14-7-4-8-23-14)10-20-15(22)11-5-3-6-12(9-11)16(17,18)19/h3-9,13H,10H2,1-2H3,(H,20,22). The van der Waals surface area contributed by atoms with Crippen molar-refractivity contribution in [1.29, 1.82) is 0 Å². The molecule has 4 nitrogen and oxygen atoms in total. The first-order chi connectivity index (χ1) is 10.8. The van der Waals surface area contributed by atoms with Crippen LogP contribution in [0.3, 0.4) is 0 Å². The molecule has 1 heterocycles. The first kappa shape index (κ1) is 17.1. The summed E-state index contributed by atoms with van der Waals surface area (Å²) in [5.74, 6) is 0.105. The summed E-state index contributed by atoms with van der Waals surface area (Å²) in [6, 6.07) is 7.65. The lowest BCUT2D eigenvalue weighted by molar-refractivity contribution is -0.137. The maximum atomic E-state index is 12.7. The van der Waals surface area contributed by atoms with Gasteiger partial charge in [-0.05, 0) is 44.4 Å². The number of hydrogen-bond donors (Lipinski definition) is 1. The topological polar surface area (TPSA) is 45.5 Å². The lowest BCUT2D eigenvalue weighted by atomic mass is 10.1. The van der Waals surface area contributed by atoms with E-state index in [1.165, 1.54) is 18.4 Å². The van der Waals surface area contributed by atoms with Gasteiger partial charge in [-0.15, -0.1) is 0 Å². The monoisotopic (exact) mass is 326 g/mol. The van der Waals surface area contributed by atoms with Crippen molar-refractivity contribution in [2.45, 2.75) is 12.2 Å². The maximum absolute atomic E-state index is 12.7. The third kappa shape index (κ3) is 4.35. The van der Waals surface area contributed by atoms with Crippen molar-refractivity contribution >= 4 is 5.91 Å². The predicted octanol–water partition coefficient (Wildman–Crippen LogP) is 3.33. The highest BCUT2D eigenvalue weighted by Crippen LogP contribution is 2.29. The fourth-order valence-corrected chi connectivity index (χ4v) is 2.15. The molecule has 0 spiro atoms. The summed E-state index contributed by atoms with van der Waals surface area (Å²) in [5.41, 5.74) is -0.878. The number of nitrogens with zero attached hydrogens (tertiary/aromatic N) is 1. The van der Waals surface area contributed by atoms with Crippen LogP contribution in [0.15, 0.2) is 47.1 Å². The van der Waals surface area contributed by atoms with Gasteiger partial charge >= 0.3 is 6.18 Å². The molecule has 7 heteroatoms. The van der Waals surface area contributed by atoms with Crippen LogP contribution < -0.4 is 5.32 Å². The van der Waals surface area contributed by atoms with Crippen LogP contribution in [0, 0.1) is 0 Å². The van der Waals surface area contributed by atoms with E-state index < -0.39 is 17.6 Å². The largest absolute Gasteiger partial charge is 0.468 e. The van der Waals surface area contributed by atoms with E-state index in [9.17, 15) is 18.0 Å². The average Bonchev–Trinajstić information content (AvgIpc) is 3.00. The fraction of sp³-hybridized carbons (Fsp3) is 0.312. The second-order valence-corrected chi connectivity index (χ2v) is 5.28. The molecule has 124 valence electrons. The molecule has 0 bridgehead atoms. The molecule has 1 aromatic heterocycles. The van der Waals surface area contributed by atoms with Gasteiger partial charge in [0.05, 0.1) is 17.9 Å². The third-order valence-corrected chi connectivity index (χ3v) is 3.40. The van der Waals surface area contributed by atoms with E-state index in [0.717, 1.165) is 12.1 Å². The number of carbonyl (C=O) groups is 1. The van der Waals surface area contributed by atoms with Crippen molar-refractivity contribution in [3.05, 3.63) is 59.5 Å². The molecule has 2 rings (SSSR count). The lowest BCUT2D eigenvalue weighted by Crippen LogP contribution is -2.34. The summed E-state index contributed by atoms with van der Waals surface area (Å²) in [5, 5.41) is 2.64. The zero-order valence-corrected chi connectivity index (χ0v) is 12.7. The van der Waals surface area contributed by atoms with Gasteiger partial charge in [0.2, 0.25) is 0 Å². The van der Waals surface area contributed by atoms with Crippen LogP contribution in [-0.4, -0.2) is 31.4 Å². The number of rotatable bonds is 5. The number of benzene rings is 1. The molecule has 0 saturated carbocycles. The molecule has 0 saturated heterocycles. The summed E-state index contributed by atoms with van der Waals surface area (Å²) in [6.45, 7) is 0.218. The Balaban J connectivity index is 2.07. The van der Waals surface area contributed by atoms with Gasteiger partial charge in [0, 0.05) is 12.1 Å². The molecule has 0 fully saturated rings. The number of carbonyl (C=O) groups excluding carboxylic acids is 1. The van der Waals surface area contributed by atoms with Crippen molar-refractivity contribution in [1.82, 2.24) is 10.2 Å². The van der Waals surface area contributed by atoms with Gasteiger partial charge in [-0.25, -0.2) is 0 Å². The van der Waals surface area contributed by atoms with E-state index in [-0.39, 0.29) is 18.2 Å². The molecule has 0 aliphatic rings. The van der Waals surface area contributed by atoms with E-state index in [0.29, 0.717) is 5.76 Å². The van der Waals surface area contributed by atoms with Gasteiger partial charge in [0.1, 0.15) is 5.76 Å². The molecule has 1 amide bonds. The number of likely N-dealkylation sites (N-methyl/N-ethyl adjacent to an activating group) is 1. The number of furan rings is 1. The van der Waals surface area contributed by atoms with Crippen molar-refractivity contribution < 1.29 is 22.4 Å². The summed E-state index contributed by atoms with van der Waals surface area (Å²) in [7, 11) is 3.65. The summed E-state index contributed by atoms with van der Waals surface area (Å²) in [6.07, 6.45) is -2.95. The minimum atomic E-state index is -4.48. The first-order valence-corrected chi connectivity index (χ1v) is 6.94. The van der Waals surface area contributed by atoms with Crippen LogP contribution in [0.4, 0.5) is 13.2 Å². The summed E-state index contributed by atoms with van der Waals surface area (Å²) in [4.78, 5) is 13.9. The van der Waals surface area contributed by atoms with Gasteiger partial charge in [-0.2, -0.15) is 13.2 Å². The highest BCUT2D eigenvalue weighted by molar-refractivity contribution is 5.94. The zero-order chi connectivity index (χ0) is 17.0. The van der Waals surface area contributed by atoms with Crippen molar-refractivity contribution in [3.63, 3.8) is 0 Å². The van der Waals surface area contributed by atoms with Crippen LogP contribution in [0.5, 0.6) is 0 Å². The molecule has 2 aromatic rings. The lowest BCUT2D eigenvalue weighted by Gasteiger charge is -2.22.